The average molecular weight is 447 g/mol. The zero-order valence-corrected chi connectivity index (χ0v) is 19.1. The summed E-state index contributed by atoms with van der Waals surface area (Å²) >= 11 is 1.56. The van der Waals surface area contributed by atoms with Crippen molar-refractivity contribution in [2.24, 2.45) is 0 Å². The number of aromatic amines is 1. The molecule has 4 aromatic rings. The standard InChI is InChI=1S/C25H26N4O2S/c1-28(2)25(30)24-22(19-10-6-7-11-21(19)32-24)20-16-29(12-13-31-20)15-18-14-26-27-23(18)17-8-4-3-5-9-17/h3-11,14,20H,12-13,15-16H2,1-2H3,(H,26,27)/t20-/m0/s1. The van der Waals surface area contributed by atoms with Gasteiger partial charge in [-0.25, -0.2) is 0 Å². The maximum Gasteiger partial charge on any atom is 0.263 e. The number of benzene rings is 2. The van der Waals surface area contributed by atoms with Crippen LogP contribution in [0.3, 0.4) is 0 Å². The molecule has 7 heteroatoms. The van der Waals surface area contributed by atoms with Gasteiger partial charge in [0.15, 0.2) is 0 Å². The topological polar surface area (TPSA) is 61.5 Å². The number of carbonyl (C=O) groups excluding carboxylic acids is 1. The van der Waals surface area contributed by atoms with Crippen LogP contribution in [0.15, 0.2) is 60.8 Å². The number of thiophene rings is 1. The lowest BCUT2D eigenvalue weighted by Gasteiger charge is -2.33. The molecule has 1 amide bonds. The Morgan fingerprint density at radius 3 is 2.78 bits per heavy atom. The van der Waals surface area contributed by atoms with Gasteiger partial charge in [-0.2, -0.15) is 5.10 Å². The second-order valence-corrected chi connectivity index (χ2v) is 9.32. The lowest BCUT2D eigenvalue weighted by Crippen LogP contribution is -2.38. The smallest absolute Gasteiger partial charge is 0.263 e. The van der Waals surface area contributed by atoms with Crippen LogP contribution in [0.25, 0.3) is 21.3 Å². The van der Waals surface area contributed by atoms with E-state index in [0.717, 1.165) is 57.0 Å². The SMILES string of the molecule is CN(C)C(=O)c1sc2ccccc2c1[C@@H]1CN(Cc2cn[nH]c2-c2ccccc2)CCO1. The number of H-pyrrole nitrogens is 1. The number of amides is 1. The van der Waals surface area contributed by atoms with Crippen molar-refractivity contribution in [3.63, 3.8) is 0 Å². The Hall–Kier alpha value is -3.00. The summed E-state index contributed by atoms with van der Waals surface area (Å²) in [6.07, 6.45) is 1.76. The Labute approximate surface area is 191 Å². The number of hydrogen-bond donors (Lipinski definition) is 1. The zero-order chi connectivity index (χ0) is 22.1. The van der Waals surface area contributed by atoms with Gasteiger partial charge in [0.25, 0.3) is 5.91 Å². The molecule has 6 nitrogen and oxygen atoms in total. The first-order valence-corrected chi connectivity index (χ1v) is 11.6. The molecular formula is C25H26N4O2S. The van der Waals surface area contributed by atoms with Gasteiger partial charge in [0, 0.05) is 49.6 Å². The van der Waals surface area contributed by atoms with Gasteiger partial charge in [0.05, 0.1) is 29.5 Å². The first-order valence-electron chi connectivity index (χ1n) is 10.8. The number of ether oxygens (including phenoxy) is 1. The van der Waals surface area contributed by atoms with E-state index in [1.807, 2.05) is 36.5 Å². The van der Waals surface area contributed by atoms with Crippen molar-refractivity contribution in [1.29, 1.82) is 0 Å². The van der Waals surface area contributed by atoms with Crippen LogP contribution in [0.1, 0.15) is 26.9 Å². The van der Waals surface area contributed by atoms with Gasteiger partial charge in [0.2, 0.25) is 0 Å². The van der Waals surface area contributed by atoms with Crippen molar-refractivity contribution in [2.75, 3.05) is 33.8 Å². The summed E-state index contributed by atoms with van der Waals surface area (Å²) in [6, 6.07) is 18.5. The Balaban J connectivity index is 1.43. The molecule has 1 N–H and O–H groups in total. The Morgan fingerprint density at radius 2 is 1.97 bits per heavy atom. The van der Waals surface area contributed by atoms with Crippen LogP contribution in [-0.2, 0) is 11.3 Å². The van der Waals surface area contributed by atoms with Gasteiger partial charge in [-0.3, -0.25) is 14.8 Å². The average Bonchev–Trinajstić information content (AvgIpc) is 3.44. The van der Waals surface area contributed by atoms with E-state index in [-0.39, 0.29) is 12.0 Å². The zero-order valence-electron chi connectivity index (χ0n) is 18.2. The number of fused-ring (bicyclic) bond motifs is 1. The summed E-state index contributed by atoms with van der Waals surface area (Å²) in [5.74, 6) is 0.0307. The quantitative estimate of drug-likeness (QED) is 0.488. The normalized spacial score (nSPS) is 17.0. The molecule has 1 aliphatic heterocycles. The minimum atomic E-state index is -0.147. The molecular weight excluding hydrogens is 420 g/mol. The summed E-state index contributed by atoms with van der Waals surface area (Å²) in [6.45, 7) is 2.98. The van der Waals surface area contributed by atoms with E-state index in [1.165, 1.54) is 0 Å². The van der Waals surface area contributed by atoms with E-state index in [4.69, 9.17) is 4.74 Å². The molecule has 1 atom stereocenters. The molecule has 1 saturated heterocycles. The van der Waals surface area contributed by atoms with E-state index in [0.29, 0.717) is 6.61 Å². The van der Waals surface area contributed by atoms with Gasteiger partial charge in [-0.1, -0.05) is 48.5 Å². The number of carbonyl (C=O) groups is 1. The molecule has 3 heterocycles. The third-order valence-electron chi connectivity index (χ3n) is 5.88. The summed E-state index contributed by atoms with van der Waals surface area (Å²) in [5.41, 5.74) is 4.37. The van der Waals surface area contributed by atoms with Gasteiger partial charge in [-0.05, 0) is 17.0 Å². The molecule has 5 rings (SSSR count). The predicted octanol–water partition coefficient (Wildman–Crippen LogP) is 4.57. The molecule has 0 spiro atoms. The van der Waals surface area contributed by atoms with E-state index < -0.39 is 0 Å². The number of morpholine rings is 1. The third-order valence-corrected chi connectivity index (χ3v) is 7.06. The van der Waals surface area contributed by atoms with E-state index in [2.05, 4.69) is 39.4 Å². The molecule has 164 valence electrons. The highest BCUT2D eigenvalue weighted by atomic mass is 32.1. The lowest BCUT2D eigenvalue weighted by atomic mass is 10.0. The highest BCUT2D eigenvalue weighted by Gasteiger charge is 2.30. The van der Waals surface area contributed by atoms with Crippen LogP contribution < -0.4 is 0 Å². The number of nitrogens with one attached hydrogen (secondary N) is 1. The summed E-state index contributed by atoms with van der Waals surface area (Å²) in [7, 11) is 3.60. The van der Waals surface area contributed by atoms with E-state index >= 15 is 0 Å². The molecule has 0 unspecified atom stereocenters. The van der Waals surface area contributed by atoms with Crippen LogP contribution in [0.4, 0.5) is 0 Å². The van der Waals surface area contributed by atoms with Crippen LogP contribution in [0, 0.1) is 0 Å². The van der Waals surface area contributed by atoms with Crippen molar-refractivity contribution < 1.29 is 9.53 Å². The predicted molar refractivity (Wildman–Crippen MR) is 128 cm³/mol. The fraction of sp³-hybridized carbons (Fsp3) is 0.280. The maximum atomic E-state index is 13.0. The number of aromatic nitrogens is 2. The van der Waals surface area contributed by atoms with Crippen LogP contribution >= 0.6 is 11.3 Å². The molecule has 0 saturated carbocycles. The summed E-state index contributed by atoms with van der Waals surface area (Å²) in [4.78, 5) is 17.8. The second-order valence-electron chi connectivity index (χ2n) is 8.27. The van der Waals surface area contributed by atoms with Gasteiger partial charge in [-0.15, -0.1) is 11.3 Å². The van der Waals surface area contributed by atoms with Crippen LogP contribution in [-0.4, -0.2) is 59.7 Å². The minimum Gasteiger partial charge on any atom is -0.371 e. The highest BCUT2D eigenvalue weighted by Crippen LogP contribution is 2.39. The van der Waals surface area contributed by atoms with Crippen molar-refractivity contribution in [3.8, 4) is 11.3 Å². The molecule has 0 radical (unpaired) electrons. The largest absolute Gasteiger partial charge is 0.371 e. The van der Waals surface area contributed by atoms with Crippen molar-refractivity contribution in [1.82, 2.24) is 20.0 Å². The molecule has 0 bridgehead atoms. The molecule has 32 heavy (non-hydrogen) atoms. The number of hydrogen-bond acceptors (Lipinski definition) is 5. The molecule has 1 fully saturated rings. The van der Waals surface area contributed by atoms with Crippen molar-refractivity contribution in [3.05, 3.63) is 76.8 Å². The molecule has 1 aliphatic rings. The summed E-state index contributed by atoms with van der Waals surface area (Å²) in [5, 5.41) is 8.57. The minimum absolute atomic E-state index is 0.0307. The van der Waals surface area contributed by atoms with Gasteiger partial charge in [0.1, 0.15) is 0 Å². The monoisotopic (exact) mass is 446 g/mol. The molecule has 2 aromatic heterocycles. The van der Waals surface area contributed by atoms with Crippen LogP contribution in [0.5, 0.6) is 0 Å². The van der Waals surface area contributed by atoms with Gasteiger partial charge >= 0.3 is 0 Å². The highest BCUT2D eigenvalue weighted by molar-refractivity contribution is 7.21. The first-order chi connectivity index (χ1) is 15.6. The van der Waals surface area contributed by atoms with Crippen LogP contribution in [0.2, 0.25) is 0 Å². The van der Waals surface area contributed by atoms with Crippen molar-refractivity contribution >= 4 is 27.3 Å². The maximum absolute atomic E-state index is 13.0. The fourth-order valence-corrected chi connectivity index (χ4v) is 5.57. The van der Waals surface area contributed by atoms with Gasteiger partial charge < -0.3 is 9.64 Å². The Bertz CT molecular complexity index is 1230. The fourth-order valence-electron chi connectivity index (χ4n) is 4.29. The molecule has 0 aliphatic carbocycles. The summed E-state index contributed by atoms with van der Waals surface area (Å²) < 4.78 is 7.36. The Morgan fingerprint density at radius 1 is 1.19 bits per heavy atom. The van der Waals surface area contributed by atoms with E-state index in [9.17, 15) is 4.79 Å². The number of nitrogens with zero attached hydrogens (tertiary/aromatic N) is 3. The van der Waals surface area contributed by atoms with Crippen molar-refractivity contribution in [2.45, 2.75) is 12.6 Å². The lowest BCUT2D eigenvalue weighted by molar-refractivity contribution is -0.0323. The van der Waals surface area contributed by atoms with E-state index in [1.54, 1.807) is 30.3 Å². The Kier molecular flexibility index (Phi) is 5.78. The first kappa shape index (κ1) is 20.9. The third kappa shape index (κ3) is 3.95. The number of rotatable bonds is 5. The second kappa shape index (κ2) is 8.86. The molecule has 2 aromatic carbocycles.